The molecule has 4 nitrogen and oxygen atoms in total. The molecule has 2 aromatic rings. The lowest BCUT2D eigenvalue weighted by atomic mass is 10.0. The number of Topliss-reactive ketones (excluding diaryl/α,β-unsaturated/α-hetero) is 1. The van der Waals surface area contributed by atoms with Gasteiger partial charge in [0.25, 0.3) is 0 Å². The van der Waals surface area contributed by atoms with Crippen LogP contribution in [0.3, 0.4) is 0 Å². The van der Waals surface area contributed by atoms with Gasteiger partial charge in [-0.2, -0.15) is 0 Å². The van der Waals surface area contributed by atoms with Crippen LogP contribution in [0.4, 0.5) is 5.69 Å². The molecule has 0 heterocycles. The highest BCUT2D eigenvalue weighted by Crippen LogP contribution is 2.22. The van der Waals surface area contributed by atoms with Gasteiger partial charge < -0.3 is 4.74 Å². The van der Waals surface area contributed by atoms with Gasteiger partial charge in [-0.25, -0.2) is 0 Å². The first-order valence-corrected chi connectivity index (χ1v) is 6.31. The minimum atomic E-state index is -0.0222. The van der Waals surface area contributed by atoms with Gasteiger partial charge in [-0.05, 0) is 25.1 Å². The number of nitrogens with one attached hydrogen (secondary N) is 1. The third-order valence-electron chi connectivity index (χ3n) is 3.10. The normalized spacial score (nSPS) is 10.2. The summed E-state index contributed by atoms with van der Waals surface area (Å²) in [5.41, 5.74) is 5.03. The standard InChI is InChI=1S/C16H17NO3/c1-11-6-7-16(20-2)13(8-11)10-15(18)12-4-3-5-14(9-12)17-19/h3-9,17,19H,10H2,1-2H3. The topological polar surface area (TPSA) is 58.6 Å². The van der Waals surface area contributed by atoms with Crippen LogP contribution in [0.15, 0.2) is 42.5 Å². The molecule has 104 valence electrons. The molecule has 0 atom stereocenters. The molecule has 0 amide bonds. The van der Waals surface area contributed by atoms with E-state index < -0.39 is 0 Å². The molecule has 0 spiro atoms. The Labute approximate surface area is 118 Å². The fourth-order valence-corrected chi connectivity index (χ4v) is 2.08. The Morgan fingerprint density at radius 3 is 2.75 bits per heavy atom. The first-order valence-electron chi connectivity index (χ1n) is 6.31. The highest BCUT2D eigenvalue weighted by molar-refractivity contribution is 5.98. The second-order valence-corrected chi connectivity index (χ2v) is 4.61. The first-order chi connectivity index (χ1) is 9.63. The molecule has 2 rings (SSSR count). The fraction of sp³-hybridized carbons (Fsp3) is 0.188. The van der Waals surface area contributed by atoms with Crippen LogP contribution >= 0.6 is 0 Å². The molecule has 0 aliphatic carbocycles. The lowest BCUT2D eigenvalue weighted by molar-refractivity contribution is 0.0992. The molecule has 0 radical (unpaired) electrons. The van der Waals surface area contributed by atoms with E-state index in [1.165, 1.54) is 0 Å². The number of carbonyl (C=O) groups is 1. The van der Waals surface area contributed by atoms with E-state index in [9.17, 15) is 4.79 Å². The Hall–Kier alpha value is -2.33. The van der Waals surface area contributed by atoms with Gasteiger partial charge in [0.15, 0.2) is 5.78 Å². The predicted octanol–water partition coefficient (Wildman–Crippen LogP) is 3.23. The summed E-state index contributed by atoms with van der Waals surface area (Å²) in [6.45, 7) is 1.98. The van der Waals surface area contributed by atoms with Gasteiger partial charge in [-0.15, -0.1) is 0 Å². The summed E-state index contributed by atoms with van der Waals surface area (Å²) in [5.74, 6) is 0.686. The van der Waals surface area contributed by atoms with E-state index in [-0.39, 0.29) is 12.2 Å². The SMILES string of the molecule is COc1ccc(C)cc1CC(=O)c1cccc(NO)c1. The van der Waals surface area contributed by atoms with Gasteiger partial charge in [-0.1, -0.05) is 29.8 Å². The third kappa shape index (κ3) is 3.16. The minimum absolute atomic E-state index is 0.0222. The predicted molar refractivity (Wildman–Crippen MR) is 77.6 cm³/mol. The molecule has 0 aliphatic rings. The average Bonchev–Trinajstić information content (AvgIpc) is 2.47. The van der Waals surface area contributed by atoms with Crippen molar-refractivity contribution in [3.63, 3.8) is 0 Å². The van der Waals surface area contributed by atoms with E-state index in [4.69, 9.17) is 9.94 Å². The zero-order chi connectivity index (χ0) is 14.5. The summed E-state index contributed by atoms with van der Waals surface area (Å²) in [4.78, 5) is 12.3. The second kappa shape index (κ2) is 6.21. The number of carbonyl (C=O) groups excluding carboxylic acids is 1. The van der Waals surface area contributed by atoms with Crippen LogP contribution in [0.1, 0.15) is 21.5 Å². The number of ether oxygens (including phenoxy) is 1. The van der Waals surface area contributed by atoms with E-state index in [2.05, 4.69) is 0 Å². The number of hydrogen-bond donors (Lipinski definition) is 2. The summed E-state index contributed by atoms with van der Waals surface area (Å²) in [5, 5.41) is 8.87. The highest BCUT2D eigenvalue weighted by Gasteiger charge is 2.11. The van der Waals surface area contributed by atoms with Crippen LogP contribution in [0, 0.1) is 6.92 Å². The Morgan fingerprint density at radius 2 is 2.05 bits per heavy atom. The van der Waals surface area contributed by atoms with Gasteiger partial charge in [0, 0.05) is 17.5 Å². The Balaban J connectivity index is 2.25. The lowest BCUT2D eigenvalue weighted by Gasteiger charge is -2.09. The summed E-state index contributed by atoms with van der Waals surface area (Å²) < 4.78 is 5.28. The molecule has 0 saturated carbocycles. The van der Waals surface area contributed by atoms with Crippen molar-refractivity contribution in [3.05, 3.63) is 59.2 Å². The van der Waals surface area contributed by atoms with E-state index >= 15 is 0 Å². The van der Waals surface area contributed by atoms with Crippen molar-refractivity contribution in [2.24, 2.45) is 0 Å². The Bertz CT molecular complexity index is 623. The lowest BCUT2D eigenvalue weighted by Crippen LogP contribution is -2.06. The van der Waals surface area contributed by atoms with E-state index in [1.807, 2.05) is 30.6 Å². The number of rotatable bonds is 5. The Morgan fingerprint density at radius 1 is 1.25 bits per heavy atom. The molecule has 20 heavy (non-hydrogen) atoms. The number of anilines is 1. The largest absolute Gasteiger partial charge is 0.496 e. The monoisotopic (exact) mass is 271 g/mol. The number of hydrogen-bond acceptors (Lipinski definition) is 4. The van der Waals surface area contributed by atoms with Crippen LogP contribution in [0.25, 0.3) is 0 Å². The van der Waals surface area contributed by atoms with E-state index in [0.29, 0.717) is 17.0 Å². The van der Waals surface area contributed by atoms with Crippen molar-refractivity contribution in [2.75, 3.05) is 12.6 Å². The van der Waals surface area contributed by atoms with Crippen molar-refractivity contribution >= 4 is 11.5 Å². The quantitative estimate of drug-likeness (QED) is 0.647. The zero-order valence-corrected chi connectivity index (χ0v) is 11.5. The number of methoxy groups -OCH3 is 1. The van der Waals surface area contributed by atoms with Crippen molar-refractivity contribution in [1.82, 2.24) is 0 Å². The highest BCUT2D eigenvalue weighted by atomic mass is 16.5. The number of ketones is 1. The van der Waals surface area contributed by atoms with Gasteiger partial charge >= 0.3 is 0 Å². The van der Waals surface area contributed by atoms with Crippen molar-refractivity contribution in [2.45, 2.75) is 13.3 Å². The first kappa shape index (κ1) is 14.1. The summed E-state index contributed by atoms with van der Waals surface area (Å²) >= 11 is 0. The van der Waals surface area contributed by atoms with Crippen LogP contribution in [-0.2, 0) is 6.42 Å². The summed E-state index contributed by atoms with van der Waals surface area (Å²) in [6, 6.07) is 12.5. The van der Waals surface area contributed by atoms with Crippen molar-refractivity contribution in [3.8, 4) is 5.75 Å². The molecule has 2 N–H and O–H groups in total. The van der Waals surface area contributed by atoms with Gasteiger partial charge in [-0.3, -0.25) is 15.5 Å². The molecule has 0 unspecified atom stereocenters. The van der Waals surface area contributed by atoms with Gasteiger partial charge in [0.05, 0.1) is 12.8 Å². The Kier molecular flexibility index (Phi) is 4.38. The molecule has 0 saturated heterocycles. The molecular weight excluding hydrogens is 254 g/mol. The molecule has 4 heteroatoms. The maximum atomic E-state index is 12.3. The van der Waals surface area contributed by atoms with Crippen LogP contribution in [0.2, 0.25) is 0 Å². The van der Waals surface area contributed by atoms with Crippen LogP contribution in [-0.4, -0.2) is 18.1 Å². The van der Waals surface area contributed by atoms with Gasteiger partial charge in [0.1, 0.15) is 5.75 Å². The van der Waals surface area contributed by atoms with Gasteiger partial charge in [0.2, 0.25) is 0 Å². The number of aryl methyl sites for hydroxylation is 1. The maximum absolute atomic E-state index is 12.3. The van der Waals surface area contributed by atoms with Crippen LogP contribution < -0.4 is 10.2 Å². The molecule has 0 fully saturated rings. The average molecular weight is 271 g/mol. The van der Waals surface area contributed by atoms with E-state index in [0.717, 1.165) is 11.1 Å². The minimum Gasteiger partial charge on any atom is -0.496 e. The summed E-state index contributed by atoms with van der Waals surface area (Å²) in [6.07, 6.45) is 0.264. The van der Waals surface area contributed by atoms with Crippen LogP contribution in [0.5, 0.6) is 5.75 Å². The van der Waals surface area contributed by atoms with Crippen molar-refractivity contribution < 1.29 is 14.7 Å². The molecule has 0 aromatic heterocycles. The fourth-order valence-electron chi connectivity index (χ4n) is 2.08. The molecule has 2 aromatic carbocycles. The van der Waals surface area contributed by atoms with Crippen molar-refractivity contribution in [1.29, 1.82) is 0 Å². The smallest absolute Gasteiger partial charge is 0.167 e. The number of benzene rings is 2. The van der Waals surface area contributed by atoms with E-state index in [1.54, 1.807) is 31.4 Å². The maximum Gasteiger partial charge on any atom is 0.167 e. The molecular formula is C16H17NO3. The third-order valence-corrected chi connectivity index (χ3v) is 3.10. The second-order valence-electron chi connectivity index (χ2n) is 4.61. The molecule has 0 aliphatic heterocycles. The summed E-state index contributed by atoms with van der Waals surface area (Å²) in [7, 11) is 1.59. The molecule has 0 bridgehead atoms. The zero-order valence-electron chi connectivity index (χ0n) is 11.5.